The Hall–Kier alpha value is -1.25. The quantitative estimate of drug-likeness (QED) is 0.867. The monoisotopic (exact) mass is 265 g/mol. The third-order valence-electron chi connectivity index (χ3n) is 3.78. The number of nitrogens with one attached hydrogen (secondary N) is 1. The lowest BCUT2D eigenvalue weighted by molar-refractivity contribution is 0.280. The maximum atomic E-state index is 13.8. The van der Waals surface area contributed by atoms with E-state index in [4.69, 9.17) is 4.74 Å². The molecule has 0 amide bonds. The van der Waals surface area contributed by atoms with E-state index in [1.165, 1.54) is 25.3 Å². The van der Waals surface area contributed by atoms with Crippen LogP contribution >= 0.6 is 0 Å². The first-order valence-electron chi connectivity index (χ1n) is 7.27. The van der Waals surface area contributed by atoms with Crippen LogP contribution in [0.5, 0.6) is 5.75 Å². The van der Waals surface area contributed by atoms with Gasteiger partial charge >= 0.3 is 0 Å². The average molecular weight is 265 g/mol. The molecule has 1 aromatic carbocycles. The maximum Gasteiger partial charge on any atom is 0.167 e. The second-order valence-electron chi connectivity index (χ2n) is 5.84. The van der Waals surface area contributed by atoms with Crippen molar-refractivity contribution in [2.75, 3.05) is 11.9 Å². The van der Waals surface area contributed by atoms with Crippen molar-refractivity contribution in [2.24, 2.45) is 11.8 Å². The summed E-state index contributed by atoms with van der Waals surface area (Å²) in [6.45, 7) is 6.93. The molecule has 0 aliphatic heterocycles. The first-order chi connectivity index (χ1) is 9.08. The molecule has 3 heteroatoms. The molecule has 2 atom stereocenters. The number of hydrogen-bond acceptors (Lipinski definition) is 2. The van der Waals surface area contributed by atoms with Crippen LogP contribution in [0.2, 0.25) is 0 Å². The Morgan fingerprint density at radius 2 is 1.89 bits per heavy atom. The van der Waals surface area contributed by atoms with Gasteiger partial charge in [-0.1, -0.05) is 13.8 Å². The zero-order valence-electron chi connectivity index (χ0n) is 12.1. The molecule has 0 bridgehead atoms. The summed E-state index contributed by atoms with van der Waals surface area (Å²) in [4.78, 5) is 0. The highest BCUT2D eigenvalue weighted by atomic mass is 19.1. The summed E-state index contributed by atoms with van der Waals surface area (Å²) >= 11 is 0. The topological polar surface area (TPSA) is 21.3 Å². The molecule has 0 heterocycles. The van der Waals surface area contributed by atoms with Crippen molar-refractivity contribution in [2.45, 2.75) is 46.1 Å². The van der Waals surface area contributed by atoms with Gasteiger partial charge in [0.2, 0.25) is 0 Å². The first-order valence-corrected chi connectivity index (χ1v) is 7.27. The SMILES string of the molecule is CCOc1ccc(NC2CC(C)CC(C)C2)cc1F. The van der Waals surface area contributed by atoms with Crippen LogP contribution in [0.25, 0.3) is 0 Å². The Morgan fingerprint density at radius 1 is 1.21 bits per heavy atom. The molecule has 0 spiro atoms. The van der Waals surface area contributed by atoms with E-state index in [9.17, 15) is 4.39 Å². The molecule has 19 heavy (non-hydrogen) atoms. The van der Waals surface area contributed by atoms with Crippen LogP contribution < -0.4 is 10.1 Å². The first kappa shape index (κ1) is 14.2. The van der Waals surface area contributed by atoms with Gasteiger partial charge in [0.05, 0.1) is 6.61 Å². The van der Waals surface area contributed by atoms with Crippen LogP contribution in [0.15, 0.2) is 18.2 Å². The van der Waals surface area contributed by atoms with Crippen molar-refractivity contribution in [3.63, 3.8) is 0 Å². The van der Waals surface area contributed by atoms with Crippen LogP contribution in [0.3, 0.4) is 0 Å². The molecule has 0 aromatic heterocycles. The van der Waals surface area contributed by atoms with Crippen LogP contribution in [0, 0.1) is 17.7 Å². The standard InChI is InChI=1S/C16H24FNO/c1-4-19-16-6-5-13(10-15(16)17)18-14-8-11(2)7-12(3)9-14/h5-6,10-12,14,18H,4,7-9H2,1-3H3. The van der Waals surface area contributed by atoms with E-state index in [-0.39, 0.29) is 5.82 Å². The predicted molar refractivity (Wildman–Crippen MR) is 77.2 cm³/mol. The molecule has 1 N–H and O–H groups in total. The minimum Gasteiger partial charge on any atom is -0.491 e. The average Bonchev–Trinajstić information content (AvgIpc) is 2.31. The van der Waals surface area contributed by atoms with E-state index in [0.29, 0.717) is 18.4 Å². The lowest BCUT2D eigenvalue weighted by Gasteiger charge is -2.32. The van der Waals surface area contributed by atoms with Crippen molar-refractivity contribution < 1.29 is 9.13 Å². The molecule has 1 aliphatic rings. The summed E-state index contributed by atoms with van der Waals surface area (Å²) in [6, 6.07) is 5.60. The Kier molecular flexibility index (Phi) is 4.67. The number of halogens is 1. The molecule has 2 unspecified atom stereocenters. The van der Waals surface area contributed by atoms with Crippen LogP contribution in [-0.4, -0.2) is 12.6 Å². The molecule has 0 radical (unpaired) electrons. The maximum absolute atomic E-state index is 13.8. The summed E-state index contributed by atoms with van der Waals surface area (Å²) in [5, 5.41) is 3.46. The molecular formula is C16H24FNO. The molecule has 106 valence electrons. The minimum atomic E-state index is -0.288. The van der Waals surface area contributed by atoms with Crippen LogP contribution in [0.4, 0.5) is 10.1 Å². The van der Waals surface area contributed by atoms with Gasteiger partial charge in [-0.2, -0.15) is 0 Å². The van der Waals surface area contributed by atoms with Crippen molar-refractivity contribution in [3.8, 4) is 5.75 Å². The fourth-order valence-corrected chi connectivity index (χ4v) is 3.16. The Labute approximate surface area is 115 Å². The van der Waals surface area contributed by atoms with E-state index in [1.807, 2.05) is 13.0 Å². The molecule has 1 saturated carbocycles. The number of benzene rings is 1. The Balaban J connectivity index is 2.00. The zero-order chi connectivity index (χ0) is 13.8. The number of hydrogen-bond donors (Lipinski definition) is 1. The molecule has 2 rings (SSSR count). The highest BCUT2D eigenvalue weighted by molar-refractivity contribution is 5.48. The summed E-state index contributed by atoms with van der Waals surface area (Å²) in [6.07, 6.45) is 3.63. The van der Waals surface area contributed by atoms with Crippen LogP contribution in [-0.2, 0) is 0 Å². The second kappa shape index (κ2) is 6.27. The van der Waals surface area contributed by atoms with Gasteiger partial charge in [-0.05, 0) is 50.2 Å². The van der Waals surface area contributed by atoms with Gasteiger partial charge in [0, 0.05) is 17.8 Å². The molecular weight excluding hydrogens is 241 g/mol. The van der Waals surface area contributed by atoms with Crippen molar-refractivity contribution >= 4 is 5.69 Å². The Morgan fingerprint density at radius 3 is 2.47 bits per heavy atom. The molecule has 1 aromatic rings. The van der Waals surface area contributed by atoms with Crippen LogP contribution in [0.1, 0.15) is 40.0 Å². The number of ether oxygens (including phenoxy) is 1. The molecule has 2 nitrogen and oxygen atoms in total. The van der Waals surface area contributed by atoms with Gasteiger partial charge in [-0.25, -0.2) is 4.39 Å². The van der Waals surface area contributed by atoms with Crippen molar-refractivity contribution in [1.29, 1.82) is 0 Å². The van der Waals surface area contributed by atoms with Gasteiger partial charge in [0.1, 0.15) is 0 Å². The minimum absolute atomic E-state index is 0.288. The van der Waals surface area contributed by atoms with E-state index < -0.39 is 0 Å². The Bertz CT molecular complexity index is 411. The van der Waals surface area contributed by atoms with E-state index in [1.54, 1.807) is 6.07 Å². The van der Waals surface area contributed by atoms with Gasteiger partial charge in [0.25, 0.3) is 0 Å². The van der Waals surface area contributed by atoms with Gasteiger partial charge < -0.3 is 10.1 Å². The lowest BCUT2D eigenvalue weighted by atomic mass is 9.80. The van der Waals surface area contributed by atoms with Crippen molar-refractivity contribution in [3.05, 3.63) is 24.0 Å². The normalized spacial score (nSPS) is 27.1. The third-order valence-corrected chi connectivity index (χ3v) is 3.78. The lowest BCUT2D eigenvalue weighted by Crippen LogP contribution is -2.30. The van der Waals surface area contributed by atoms with E-state index in [0.717, 1.165) is 17.5 Å². The summed E-state index contributed by atoms with van der Waals surface area (Å²) in [7, 11) is 0. The third kappa shape index (κ3) is 3.85. The van der Waals surface area contributed by atoms with Crippen molar-refractivity contribution in [1.82, 2.24) is 0 Å². The van der Waals surface area contributed by atoms with E-state index in [2.05, 4.69) is 19.2 Å². The zero-order valence-corrected chi connectivity index (χ0v) is 12.1. The van der Waals surface area contributed by atoms with Gasteiger partial charge in [-0.15, -0.1) is 0 Å². The predicted octanol–water partition coefficient (Wildman–Crippen LogP) is 4.46. The van der Waals surface area contributed by atoms with E-state index >= 15 is 0 Å². The molecule has 1 aliphatic carbocycles. The summed E-state index contributed by atoms with van der Waals surface area (Å²) in [5.74, 6) is 1.53. The number of anilines is 1. The smallest absolute Gasteiger partial charge is 0.167 e. The molecule has 0 saturated heterocycles. The largest absolute Gasteiger partial charge is 0.491 e. The fourth-order valence-electron chi connectivity index (χ4n) is 3.16. The second-order valence-corrected chi connectivity index (χ2v) is 5.84. The summed E-state index contributed by atoms with van der Waals surface area (Å²) in [5.41, 5.74) is 0.854. The molecule has 1 fully saturated rings. The number of rotatable bonds is 4. The van der Waals surface area contributed by atoms with Gasteiger partial charge in [-0.3, -0.25) is 0 Å². The highest BCUT2D eigenvalue weighted by Gasteiger charge is 2.23. The highest BCUT2D eigenvalue weighted by Crippen LogP contribution is 2.31. The fraction of sp³-hybridized carbons (Fsp3) is 0.625. The van der Waals surface area contributed by atoms with Gasteiger partial charge in [0.15, 0.2) is 11.6 Å². The summed E-state index contributed by atoms with van der Waals surface area (Å²) < 4.78 is 19.0.